The van der Waals surface area contributed by atoms with E-state index in [9.17, 15) is 4.79 Å². The molecule has 3 rings (SSSR count). The summed E-state index contributed by atoms with van der Waals surface area (Å²) in [5, 5.41) is 8.92. The predicted molar refractivity (Wildman–Crippen MR) is 96.3 cm³/mol. The van der Waals surface area contributed by atoms with Gasteiger partial charge >= 0.3 is 0 Å². The van der Waals surface area contributed by atoms with Crippen molar-refractivity contribution in [1.82, 2.24) is 19.7 Å². The second-order valence-electron chi connectivity index (χ2n) is 6.08. The van der Waals surface area contributed by atoms with Gasteiger partial charge in [-0.15, -0.1) is 10.2 Å². The maximum Gasteiger partial charge on any atom is 0.233 e. The van der Waals surface area contributed by atoms with Gasteiger partial charge in [-0.25, -0.2) is 0 Å². The van der Waals surface area contributed by atoms with Gasteiger partial charge in [0.05, 0.1) is 5.75 Å². The van der Waals surface area contributed by atoms with E-state index >= 15 is 0 Å². The summed E-state index contributed by atoms with van der Waals surface area (Å²) in [6.07, 6.45) is 7.76. The van der Waals surface area contributed by atoms with E-state index in [1.807, 2.05) is 34.9 Å². The van der Waals surface area contributed by atoms with Crippen LogP contribution in [0.4, 0.5) is 0 Å². The molecule has 24 heavy (non-hydrogen) atoms. The van der Waals surface area contributed by atoms with Crippen LogP contribution in [-0.4, -0.2) is 43.9 Å². The van der Waals surface area contributed by atoms with E-state index in [0.29, 0.717) is 11.8 Å². The molecule has 128 valence electrons. The van der Waals surface area contributed by atoms with Crippen molar-refractivity contribution in [2.75, 3.05) is 12.3 Å². The quantitative estimate of drug-likeness (QED) is 0.752. The molecule has 1 aliphatic rings. The topological polar surface area (TPSA) is 51.0 Å². The predicted octanol–water partition coefficient (Wildman–Crippen LogP) is 3.54. The molecule has 0 spiro atoms. The van der Waals surface area contributed by atoms with Gasteiger partial charge in [0.25, 0.3) is 0 Å². The minimum absolute atomic E-state index is 0.206. The summed E-state index contributed by atoms with van der Waals surface area (Å²) in [7, 11) is 0. The largest absolute Gasteiger partial charge is 0.339 e. The number of thioether (sulfide) groups is 1. The zero-order valence-corrected chi connectivity index (χ0v) is 14.9. The Morgan fingerprint density at radius 1 is 1.25 bits per heavy atom. The first kappa shape index (κ1) is 17.0. The number of benzene rings is 1. The summed E-state index contributed by atoms with van der Waals surface area (Å²) in [6.45, 7) is 2.86. The number of nitrogens with zero attached hydrogens (tertiary/aromatic N) is 4. The van der Waals surface area contributed by atoms with E-state index in [0.717, 1.165) is 30.2 Å². The summed E-state index contributed by atoms with van der Waals surface area (Å²) < 4.78 is 1.93. The van der Waals surface area contributed by atoms with Gasteiger partial charge in [-0.05, 0) is 31.9 Å². The van der Waals surface area contributed by atoms with Crippen molar-refractivity contribution in [3.8, 4) is 5.69 Å². The summed E-state index contributed by atoms with van der Waals surface area (Å²) in [5.41, 5.74) is 1.01. The number of para-hydroxylation sites is 1. The normalized spacial score (nSPS) is 15.4. The molecule has 1 saturated carbocycles. The van der Waals surface area contributed by atoms with E-state index in [1.54, 1.807) is 6.33 Å². The molecule has 0 atom stereocenters. The maximum atomic E-state index is 12.7. The van der Waals surface area contributed by atoms with Crippen LogP contribution in [0.3, 0.4) is 0 Å². The van der Waals surface area contributed by atoms with Crippen LogP contribution in [0, 0.1) is 0 Å². The smallest absolute Gasteiger partial charge is 0.233 e. The van der Waals surface area contributed by atoms with Crippen molar-refractivity contribution in [2.24, 2.45) is 0 Å². The molecule has 0 unspecified atom stereocenters. The van der Waals surface area contributed by atoms with Crippen LogP contribution in [0.15, 0.2) is 41.8 Å². The fourth-order valence-electron chi connectivity index (χ4n) is 3.33. The van der Waals surface area contributed by atoms with Gasteiger partial charge in [0, 0.05) is 18.3 Å². The first-order valence-electron chi connectivity index (χ1n) is 8.67. The van der Waals surface area contributed by atoms with Gasteiger partial charge in [-0.1, -0.05) is 49.2 Å². The van der Waals surface area contributed by atoms with Crippen molar-refractivity contribution in [2.45, 2.75) is 50.2 Å². The molecule has 0 radical (unpaired) electrons. The lowest BCUT2D eigenvalue weighted by atomic mass is 9.94. The summed E-state index contributed by atoms with van der Waals surface area (Å²) in [6, 6.07) is 10.4. The van der Waals surface area contributed by atoms with Gasteiger partial charge in [0.1, 0.15) is 6.33 Å². The number of hydrogen-bond donors (Lipinski definition) is 0. The zero-order valence-electron chi connectivity index (χ0n) is 14.1. The number of carbonyl (C=O) groups is 1. The Morgan fingerprint density at radius 3 is 2.71 bits per heavy atom. The van der Waals surface area contributed by atoms with Gasteiger partial charge in [-0.2, -0.15) is 0 Å². The maximum absolute atomic E-state index is 12.7. The number of rotatable bonds is 6. The molecule has 1 heterocycles. The lowest BCUT2D eigenvalue weighted by molar-refractivity contribution is -0.131. The number of hydrogen-bond acceptors (Lipinski definition) is 4. The second-order valence-corrected chi connectivity index (χ2v) is 7.02. The summed E-state index contributed by atoms with van der Waals surface area (Å²) >= 11 is 1.46. The van der Waals surface area contributed by atoms with Crippen molar-refractivity contribution in [1.29, 1.82) is 0 Å². The monoisotopic (exact) mass is 344 g/mol. The van der Waals surface area contributed by atoms with E-state index in [4.69, 9.17) is 0 Å². The fraction of sp³-hybridized carbons (Fsp3) is 0.500. The summed E-state index contributed by atoms with van der Waals surface area (Å²) in [4.78, 5) is 14.7. The third-order valence-corrected chi connectivity index (χ3v) is 5.48. The average Bonchev–Trinajstić information content (AvgIpc) is 3.11. The standard InChI is InChI=1S/C18H24N4OS/c1-2-21(15-9-5-3-6-10-15)17(23)13-24-18-20-19-14-22(18)16-11-7-4-8-12-16/h4,7-8,11-12,14-15H,2-3,5-6,9-10,13H2,1H3. The number of aromatic nitrogens is 3. The van der Waals surface area contributed by atoms with Crippen LogP contribution in [0.1, 0.15) is 39.0 Å². The first-order chi connectivity index (χ1) is 11.8. The lowest BCUT2D eigenvalue weighted by Gasteiger charge is -2.33. The number of amides is 1. The Hall–Kier alpha value is -1.82. The molecule has 1 aromatic carbocycles. The molecule has 1 aliphatic carbocycles. The van der Waals surface area contributed by atoms with Crippen molar-refractivity contribution >= 4 is 17.7 Å². The molecule has 1 amide bonds. The van der Waals surface area contributed by atoms with E-state index in [2.05, 4.69) is 22.0 Å². The van der Waals surface area contributed by atoms with E-state index in [-0.39, 0.29) is 5.91 Å². The lowest BCUT2D eigenvalue weighted by Crippen LogP contribution is -2.42. The minimum Gasteiger partial charge on any atom is -0.339 e. The van der Waals surface area contributed by atoms with Gasteiger partial charge in [0.15, 0.2) is 5.16 Å². The van der Waals surface area contributed by atoms with Gasteiger partial charge < -0.3 is 4.90 Å². The van der Waals surface area contributed by atoms with Crippen LogP contribution in [0.5, 0.6) is 0 Å². The molecule has 5 nitrogen and oxygen atoms in total. The molecule has 1 aromatic heterocycles. The SMILES string of the molecule is CCN(C(=O)CSc1nncn1-c1ccccc1)C1CCCCC1. The van der Waals surface area contributed by atoms with Gasteiger partial charge in [0.2, 0.25) is 5.91 Å². The Bertz CT molecular complexity index is 652. The van der Waals surface area contributed by atoms with Crippen LogP contribution in [0.25, 0.3) is 5.69 Å². The van der Waals surface area contributed by atoms with Crippen LogP contribution >= 0.6 is 11.8 Å². The molecular formula is C18H24N4OS. The van der Waals surface area contributed by atoms with E-state index < -0.39 is 0 Å². The zero-order chi connectivity index (χ0) is 16.8. The highest BCUT2D eigenvalue weighted by Gasteiger charge is 2.24. The van der Waals surface area contributed by atoms with Crippen LogP contribution in [0.2, 0.25) is 0 Å². The Kier molecular flexibility index (Phi) is 5.91. The highest BCUT2D eigenvalue weighted by atomic mass is 32.2. The third-order valence-electron chi connectivity index (χ3n) is 4.55. The molecule has 1 fully saturated rings. The van der Waals surface area contributed by atoms with Crippen LogP contribution in [-0.2, 0) is 4.79 Å². The van der Waals surface area contributed by atoms with Crippen molar-refractivity contribution in [3.05, 3.63) is 36.7 Å². The van der Waals surface area contributed by atoms with Crippen molar-refractivity contribution in [3.63, 3.8) is 0 Å². The van der Waals surface area contributed by atoms with Crippen molar-refractivity contribution < 1.29 is 4.79 Å². The molecule has 6 heteroatoms. The third kappa shape index (κ3) is 3.98. The molecule has 0 aliphatic heterocycles. The van der Waals surface area contributed by atoms with Gasteiger partial charge in [-0.3, -0.25) is 9.36 Å². The summed E-state index contributed by atoms with van der Waals surface area (Å²) in [5.74, 6) is 0.618. The fourth-order valence-corrected chi connectivity index (χ4v) is 4.14. The van der Waals surface area contributed by atoms with Crippen LogP contribution < -0.4 is 0 Å². The Balaban J connectivity index is 1.63. The highest BCUT2D eigenvalue weighted by molar-refractivity contribution is 7.99. The average molecular weight is 344 g/mol. The minimum atomic E-state index is 0.206. The molecular weight excluding hydrogens is 320 g/mol. The molecule has 2 aromatic rings. The molecule has 0 saturated heterocycles. The Labute approximate surface area is 147 Å². The highest BCUT2D eigenvalue weighted by Crippen LogP contribution is 2.24. The second kappa shape index (κ2) is 8.33. The first-order valence-corrected chi connectivity index (χ1v) is 9.66. The molecule has 0 bridgehead atoms. The Morgan fingerprint density at radius 2 is 2.00 bits per heavy atom. The number of carbonyl (C=O) groups excluding carboxylic acids is 1. The van der Waals surface area contributed by atoms with E-state index in [1.165, 1.54) is 31.0 Å². The molecule has 0 N–H and O–H groups in total.